The number of rotatable bonds is 3. The molecule has 5 aromatic carbocycles. The molecule has 0 radical (unpaired) electrons. The van der Waals surface area contributed by atoms with Crippen molar-refractivity contribution >= 4 is 51.7 Å². The van der Waals surface area contributed by atoms with Crippen molar-refractivity contribution in [1.82, 2.24) is 0 Å². The maximum Gasteiger partial charge on any atom is 0.453 e. The lowest BCUT2D eigenvalue weighted by atomic mass is 10.0. The van der Waals surface area contributed by atoms with E-state index in [1.807, 2.05) is 49.4 Å². The smallest absolute Gasteiger partial charge is 0.453 e. The minimum absolute atomic E-state index is 0.633. The largest absolute Gasteiger partial charge is 0.493 e. The molecule has 1 aromatic heterocycles. The Kier molecular flexibility index (Phi) is 4.97. The Morgan fingerprint density at radius 2 is 1.32 bits per heavy atom. The van der Waals surface area contributed by atoms with E-state index < -0.39 is 8.24 Å². The molecule has 168 valence electrons. The van der Waals surface area contributed by atoms with Gasteiger partial charge < -0.3 is 17.7 Å². The van der Waals surface area contributed by atoms with E-state index in [1.54, 1.807) is 7.11 Å². The fourth-order valence-corrected chi connectivity index (χ4v) is 5.59. The number of methoxy groups -OCH3 is 1. The van der Waals surface area contributed by atoms with Crippen LogP contribution in [-0.4, -0.2) is 7.11 Å². The molecule has 5 heteroatoms. The number of hydrogen-bond acceptors (Lipinski definition) is 4. The molecule has 0 bridgehead atoms. The van der Waals surface area contributed by atoms with Crippen LogP contribution in [0.15, 0.2) is 93.3 Å². The summed E-state index contributed by atoms with van der Waals surface area (Å²) in [5.41, 5.74) is 3.58. The fraction of sp³-hybridized carbons (Fsp3) is 0.103. The van der Waals surface area contributed by atoms with Gasteiger partial charge in [-0.1, -0.05) is 60.2 Å². The van der Waals surface area contributed by atoms with E-state index >= 15 is 0 Å². The molecule has 34 heavy (non-hydrogen) atoms. The zero-order valence-corrected chi connectivity index (χ0v) is 20.1. The van der Waals surface area contributed by atoms with E-state index in [-0.39, 0.29) is 0 Å². The summed E-state index contributed by atoms with van der Waals surface area (Å²) in [7, 11) is -0.160. The summed E-state index contributed by atoms with van der Waals surface area (Å²) in [5, 5.41) is 6.14. The number of hydrogen-bond donors (Lipinski definition) is 0. The summed E-state index contributed by atoms with van der Waals surface area (Å²) >= 11 is 0. The third kappa shape index (κ3) is 3.48. The third-order valence-electron chi connectivity index (χ3n) is 6.07. The molecule has 4 nitrogen and oxygen atoms in total. The molecule has 0 spiro atoms. The van der Waals surface area contributed by atoms with Gasteiger partial charge >= 0.3 is 8.24 Å². The lowest BCUT2D eigenvalue weighted by Crippen LogP contribution is -1.87. The van der Waals surface area contributed by atoms with E-state index in [9.17, 15) is 0 Å². The standard InChI is InChI=1S/C29H23O4P/c1-18-12-13-26-24(14-18)25-15-19(2)16-27(30-3)29(25)33-34(31-26)32-28-22-10-6-4-8-20(22)17-21-9-5-7-11-23(21)28/h4-17H,1-3H3. The number of aryl methyl sites for hydroxylation is 2. The summed E-state index contributed by atoms with van der Waals surface area (Å²) in [6, 6.07) is 28.8. The Morgan fingerprint density at radius 1 is 0.647 bits per heavy atom. The van der Waals surface area contributed by atoms with Gasteiger partial charge in [-0.25, -0.2) is 0 Å². The van der Waals surface area contributed by atoms with Gasteiger partial charge in [0, 0.05) is 21.5 Å². The van der Waals surface area contributed by atoms with Crippen molar-refractivity contribution in [2.24, 2.45) is 0 Å². The minimum atomic E-state index is -1.82. The molecule has 0 aliphatic heterocycles. The first-order chi connectivity index (χ1) is 16.6. The van der Waals surface area contributed by atoms with Gasteiger partial charge in [0.2, 0.25) is 0 Å². The van der Waals surface area contributed by atoms with Crippen molar-refractivity contribution < 1.29 is 17.7 Å². The summed E-state index contributed by atoms with van der Waals surface area (Å²) in [5.74, 6) is 1.41. The van der Waals surface area contributed by atoms with E-state index in [4.69, 9.17) is 17.7 Å². The predicted molar refractivity (Wildman–Crippen MR) is 140 cm³/mol. The van der Waals surface area contributed by atoms with Gasteiger partial charge in [-0.15, -0.1) is 0 Å². The van der Waals surface area contributed by atoms with Crippen LogP contribution >= 0.6 is 8.24 Å². The van der Waals surface area contributed by atoms with E-state index in [0.717, 1.165) is 54.8 Å². The van der Waals surface area contributed by atoms with E-state index in [1.165, 1.54) is 0 Å². The van der Waals surface area contributed by atoms with Crippen LogP contribution in [0.1, 0.15) is 11.1 Å². The van der Waals surface area contributed by atoms with Crippen molar-refractivity contribution in [3.8, 4) is 11.5 Å². The van der Waals surface area contributed by atoms with Crippen molar-refractivity contribution in [3.05, 3.63) is 96.1 Å². The minimum Gasteiger partial charge on any atom is -0.493 e. The van der Waals surface area contributed by atoms with Crippen LogP contribution in [0.25, 0.3) is 43.5 Å². The topological polar surface area (TPSA) is 44.7 Å². The zero-order valence-electron chi connectivity index (χ0n) is 19.2. The lowest BCUT2D eigenvalue weighted by molar-refractivity contribution is 0.410. The molecule has 1 unspecified atom stereocenters. The second-order valence-electron chi connectivity index (χ2n) is 8.49. The molecule has 0 saturated heterocycles. The van der Waals surface area contributed by atoms with Crippen LogP contribution in [0.5, 0.6) is 11.5 Å². The molecule has 0 fully saturated rings. The fourth-order valence-electron chi connectivity index (χ4n) is 4.48. The summed E-state index contributed by atoms with van der Waals surface area (Å²) < 4.78 is 25.2. The molecule has 6 aromatic rings. The van der Waals surface area contributed by atoms with Crippen molar-refractivity contribution in [1.29, 1.82) is 0 Å². The van der Waals surface area contributed by atoms with Crippen molar-refractivity contribution in [2.75, 3.05) is 7.11 Å². The number of ether oxygens (including phenoxy) is 1. The lowest BCUT2D eigenvalue weighted by Gasteiger charge is -2.10. The van der Waals surface area contributed by atoms with Crippen LogP contribution in [-0.2, 0) is 0 Å². The molecular weight excluding hydrogens is 443 g/mol. The summed E-state index contributed by atoms with van der Waals surface area (Å²) in [6.45, 7) is 4.12. The quantitative estimate of drug-likeness (QED) is 0.244. The highest BCUT2D eigenvalue weighted by Crippen LogP contribution is 2.44. The molecule has 6 rings (SSSR count). The first-order valence-electron chi connectivity index (χ1n) is 11.1. The van der Waals surface area contributed by atoms with Crippen LogP contribution in [0.4, 0.5) is 0 Å². The molecule has 0 aliphatic carbocycles. The molecule has 0 amide bonds. The number of benzene rings is 5. The summed E-state index contributed by atoms with van der Waals surface area (Å²) in [4.78, 5) is 0. The average Bonchev–Trinajstić information content (AvgIpc) is 3.00. The Balaban J connectivity index is 1.70. The first-order valence-corrected chi connectivity index (χ1v) is 12.2. The van der Waals surface area contributed by atoms with Gasteiger partial charge in [0.15, 0.2) is 17.1 Å². The maximum atomic E-state index is 6.60. The van der Waals surface area contributed by atoms with E-state index in [0.29, 0.717) is 11.3 Å². The Labute approximate surface area is 198 Å². The van der Waals surface area contributed by atoms with Crippen LogP contribution in [0, 0.1) is 13.8 Å². The third-order valence-corrected chi connectivity index (χ3v) is 7.08. The molecule has 1 atom stereocenters. The Bertz CT molecular complexity index is 1700. The first kappa shape index (κ1) is 20.7. The van der Waals surface area contributed by atoms with Crippen molar-refractivity contribution in [2.45, 2.75) is 13.8 Å². The van der Waals surface area contributed by atoms with Gasteiger partial charge in [0.1, 0.15) is 5.58 Å². The average molecular weight is 466 g/mol. The van der Waals surface area contributed by atoms with Crippen LogP contribution < -0.4 is 9.26 Å². The highest BCUT2D eigenvalue weighted by molar-refractivity contribution is 7.32. The molecule has 0 saturated carbocycles. The van der Waals surface area contributed by atoms with Crippen LogP contribution in [0.3, 0.4) is 0 Å². The zero-order chi connectivity index (χ0) is 23.2. The molecule has 1 heterocycles. The maximum absolute atomic E-state index is 6.60. The predicted octanol–water partition coefficient (Wildman–Crippen LogP) is 9.06. The molecule has 0 N–H and O–H groups in total. The second kappa shape index (κ2) is 8.16. The second-order valence-corrected chi connectivity index (χ2v) is 9.48. The monoisotopic (exact) mass is 466 g/mol. The molecular formula is C29H23O4P. The Morgan fingerprint density at radius 3 is 2.03 bits per heavy atom. The summed E-state index contributed by atoms with van der Waals surface area (Å²) in [6.07, 6.45) is 0. The van der Waals surface area contributed by atoms with Crippen molar-refractivity contribution in [3.63, 3.8) is 0 Å². The normalized spacial score (nSPS) is 11.9. The molecule has 0 aliphatic rings. The van der Waals surface area contributed by atoms with Crippen LogP contribution in [0.2, 0.25) is 0 Å². The highest BCUT2D eigenvalue weighted by atomic mass is 31.1. The van der Waals surface area contributed by atoms with Gasteiger partial charge in [-0.05, 0) is 60.5 Å². The van der Waals surface area contributed by atoms with Gasteiger partial charge in [0.25, 0.3) is 0 Å². The van der Waals surface area contributed by atoms with Gasteiger partial charge in [-0.2, -0.15) is 0 Å². The highest BCUT2D eigenvalue weighted by Gasteiger charge is 2.16. The SMILES string of the molecule is COc1cc(C)cc2c1op(Oc1c3ccccc3cc3ccccc13)oc1ccc(C)cc12. The Hall–Kier alpha value is -3.88. The van der Waals surface area contributed by atoms with Gasteiger partial charge in [0.05, 0.1) is 7.11 Å². The van der Waals surface area contributed by atoms with Gasteiger partial charge in [-0.3, -0.25) is 0 Å². The number of fused-ring (bicyclic) bond motifs is 5. The van der Waals surface area contributed by atoms with E-state index in [2.05, 4.69) is 49.4 Å².